The quantitative estimate of drug-likeness (QED) is 0.422. The van der Waals surface area contributed by atoms with E-state index in [1.165, 1.54) is 11.8 Å². The van der Waals surface area contributed by atoms with E-state index in [0.717, 1.165) is 4.90 Å². The van der Waals surface area contributed by atoms with E-state index in [1.807, 2.05) is 0 Å². The number of nitrogens with two attached hydrogens (primary N) is 1. The molecule has 2 aromatic carbocycles. The number of carbonyl (C=O) groups excluding carboxylic acids is 3. The number of amides is 3. The molecular formula is C23H21ClN4O5S. The molecule has 0 aliphatic carbocycles. The summed E-state index contributed by atoms with van der Waals surface area (Å²) in [4.78, 5) is 51.4. The number of carboxylic acids is 1. The smallest absolute Gasteiger partial charge is 0.353 e. The summed E-state index contributed by atoms with van der Waals surface area (Å²) in [5, 5.41) is 14.2. The lowest BCUT2D eigenvalue weighted by atomic mass is 10.0. The first-order chi connectivity index (χ1) is 16.3. The van der Waals surface area contributed by atoms with Crippen LogP contribution in [0.15, 0.2) is 71.4 Å². The van der Waals surface area contributed by atoms with Crippen molar-refractivity contribution in [3.63, 3.8) is 0 Å². The molecule has 1 fully saturated rings. The number of benzene rings is 2. The van der Waals surface area contributed by atoms with Crippen molar-refractivity contribution in [1.29, 1.82) is 0 Å². The molecule has 1 saturated heterocycles. The van der Waals surface area contributed by atoms with Crippen molar-refractivity contribution in [1.82, 2.24) is 15.5 Å². The van der Waals surface area contributed by atoms with Crippen molar-refractivity contribution in [3.8, 4) is 0 Å². The third-order valence-corrected chi connectivity index (χ3v) is 7.30. The highest BCUT2D eigenvalue weighted by molar-refractivity contribution is 8.00. The zero-order valence-corrected chi connectivity index (χ0v) is 19.3. The highest BCUT2D eigenvalue weighted by Gasteiger charge is 2.54. The zero-order chi connectivity index (χ0) is 24.4. The average molecular weight is 501 g/mol. The molecule has 4 unspecified atom stereocenters. The molecule has 0 aromatic heterocycles. The summed E-state index contributed by atoms with van der Waals surface area (Å²) in [7, 11) is 0. The number of rotatable bonds is 7. The van der Waals surface area contributed by atoms with Crippen molar-refractivity contribution in [2.24, 2.45) is 5.73 Å². The van der Waals surface area contributed by atoms with Gasteiger partial charge in [0.1, 0.15) is 29.2 Å². The van der Waals surface area contributed by atoms with Crippen molar-refractivity contribution < 1.29 is 24.3 Å². The summed E-state index contributed by atoms with van der Waals surface area (Å²) < 4.78 is 0. The molecule has 0 bridgehead atoms. The minimum atomic E-state index is -1.31. The molecule has 0 radical (unpaired) electrons. The lowest BCUT2D eigenvalue weighted by Gasteiger charge is -2.49. The molecule has 0 saturated carbocycles. The number of fused-ring (bicyclic) bond motifs is 1. The predicted molar refractivity (Wildman–Crippen MR) is 126 cm³/mol. The fourth-order valence-electron chi connectivity index (χ4n) is 3.81. The van der Waals surface area contributed by atoms with Gasteiger partial charge in [-0.15, -0.1) is 11.8 Å². The summed E-state index contributed by atoms with van der Waals surface area (Å²) in [6, 6.07) is 14.2. The third-order valence-electron chi connectivity index (χ3n) is 5.54. The molecule has 34 heavy (non-hydrogen) atoms. The van der Waals surface area contributed by atoms with Gasteiger partial charge in [-0.3, -0.25) is 19.3 Å². The Morgan fingerprint density at radius 1 is 1.03 bits per heavy atom. The largest absolute Gasteiger partial charge is 0.477 e. The molecule has 3 amide bonds. The summed E-state index contributed by atoms with van der Waals surface area (Å²) in [5.41, 5.74) is 6.90. The first-order valence-corrected chi connectivity index (χ1v) is 11.7. The molecular weight excluding hydrogens is 480 g/mol. The Kier molecular flexibility index (Phi) is 6.92. The second-order valence-corrected chi connectivity index (χ2v) is 9.26. The van der Waals surface area contributed by atoms with E-state index in [4.69, 9.17) is 17.3 Å². The Balaban J connectivity index is 1.52. The first-order valence-electron chi connectivity index (χ1n) is 10.3. The van der Waals surface area contributed by atoms with Gasteiger partial charge in [-0.05, 0) is 11.1 Å². The maximum atomic E-state index is 13.2. The van der Waals surface area contributed by atoms with E-state index < -0.39 is 47.2 Å². The Morgan fingerprint density at radius 2 is 1.62 bits per heavy atom. The van der Waals surface area contributed by atoms with E-state index in [9.17, 15) is 24.3 Å². The van der Waals surface area contributed by atoms with Crippen molar-refractivity contribution >= 4 is 47.1 Å². The van der Waals surface area contributed by atoms with E-state index in [1.54, 1.807) is 60.7 Å². The molecule has 4 rings (SSSR count). The van der Waals surface area contributed by atoms with Crippen LogP contribution in [0, 0.1) is 0 Å². The fraction of sp³-hybridized carbons (Fsp3) is 0.217. The van der Waals surface area contributed by atoms with Gasteiger partial charge in [0.15, 0.2) is 0 Å². The number of nitrogens with zero attached hydrogens (tertiary/aromatic N) is 1. The number of hydrogen-bond donors (Lipinski definition) is 4. The number of halogens is 1. The molecule has 0 spiro atoms. The number of carbonyl (C=O) groups is 4. The molecule has 176 valence electrons. The molecule has 2 aliphatic rings. The topological polar surface area (TPSA) is 142 Å². The number of hydrogen-bond acceptors (Lipinski definition) is 6. The van der Waals surface area contributed by atoms with Crippen LogP contribution in [0.5, 0.6) is 0 Å². The second kappa shape index (κ2) is 9.88. The minimum Gasteiger partial charge on any atom is -0.477 e. The van der Waals surface area contributed by atoms with Crippen LogP contribution >= 0.6 is 23.4 Å². The Hall–Kier alpha value is -3.34. The van der Waals surface area contributed by atoms with Crippen LogP contribution in [0.1, 0.15) is 23.2 Å². The Bertz CT molecular complexity index is 1160. The van der Waals surface area contributed by atoms with Crippen LogP contribution in [-0.4, -0.2) is 50.9 Å². The maximum Gasteiger partial charge on any atom is 0.353 e. The number of β-lactam (4-membered cyclic amide) rings is 1. The van der Waals surface area contributed by atoms with Gasteiger partial charge in [0.2, 0.25) is 11.8 Å². The highest BCUT2D eigenvalue weighted by atomic mass is 35.5. The zero-order valence-electron chi connectivity index (χ0n) is 17.7. The first kappa shape index (κ1) is 23.8. The van der Waals surface area contributed by atoms with Gasteiger partial charge in [-0.2, -0.15) is 0 Å². The van der Waals surface area contributed by atoms with Crippen LogP contribution in [0.2, 0.25) is 0 Å². The third kappa shape index (κ3) is 4.52. The number of nitrogens with one attached hydrogen (secondary N) is 2. The lowest BCUT2D eigenvalue weighted by Crippen LogP contribution is -2.71. The van der Waals surface area contributed by atoms with E-state index >= 15 is 0 Å². The van der Waals surface area contributed by atoms with Crippen molar-refractivity contribution in [2.45, 2.75) is 23.5 Å². The SMILES string of the molecule is NC(C(=O)NC(C(=O)NC1C(=O)N2C(C(=O)O)=C(Cl)CSC12)c1ccccc1)c1ccccc1. The normalized spacial score (nSPS) is 21.1. The second-order valence-electron chi connectivity index (χ2n) is 7.70. The lowest BCUT2D eigenvalue weighted by molar-refractivity contribution is -0.151. The van der Waals surface area contributed by atoms with Crippen LogP contribution in [0.4, 0.5) is 0 Å². The van der Waals surface area contributed by atoms with Crippen molar-refractivity contribution in [2.75, 3.05) is 5.75 Å². The highest BCUT2D eigenvalue weighted by Crippen LogP contribution is 2.41. The summed E-state index contributed by atoms with van der Waals surface area (Å²) in [6.07, 6.45) is 0. The van der Waals surface area contributed by atoms with Gasteiger partial charge in [0, 0.05) is 5.75 Å². The molecule has 11 heteroatoms. The van der Waals surface area contributed by atoms with Crippen LogP contribution in [0.25, 0.3) is 0 Å². The van der Waals surface area contributed by atoms with Gasteiger partial charge >= 0.3 is 5.97 Å². The Labute approximate surface area is 204 Å². The van der Waals surface area contributed by atoms with E-state index in [2.05, 4.69) is 10.6 Å². The summed E-state index contributed by atoms with van der Waals surface area (Å²) >= 11 is 7.25. The number of aliphatic carboxylic acids is 1. The van der Waals surface area contributed by atoms with Crippen LogP contribution in [-0.2, 0) is 19.2 Å². The number of thioether (sulfide) groups is 1. The van der Waals surface area contributed by atoms with Gasteiger partial charge in [-0.1, -0.05) is 72.3 Å². The van der Waals surface area contributed by atoms with Gasteiger partial charge in [0.25, 0.3) is 5.91 Å². The predicted octanol–water partition coefficient (Wildman–Crippen LogP) is 1.48. The molecule has 2 aliphatic heterocycles. The molecule has 4 atom stereocenters. The van der Waals surface area contributed by atoms with Crippen LogP contribution in [0.3, 0.4) is 0 Å². The Morgan fingerprint density at radius 3 is 2.21 bits per heavy atom. The molecule has 2 heterocycles. The standard InChI is InChI=1S/C23H21ClN4O5S/c24-14-11-34-22-17(21(31)28(22)18(14)23(32)33)27-20(30)16(13-9-5-2-6-10-13)26-19(29)15(25)12-7-3-1-4-8-12/h1-10,15-17,22H,11,25H2,(H,26,29)(H,27,30)(H,32,33). The maximum absolute atomic E-state index is 13.2. The molecule has 9 nitrogen and oxygen atoms in total. The minimum absolute atomic E-state index is 0.0659. The summed E-state index contributed by atoms with van der Waals surface area (Å²) in [5.74, 6) is -2.87. The van der Waals surface area contributed by atoms with Gasteiger partial charge < -0.3 is 21.5 Å². The van der Waals surface area contributed by atoms with Crippen molar-refractivity contribution in [3.05, 3.63) is 82.5 Å². The molecule has 5 N–H and O–H groups in total. The van der Waals surface area contributed by atoms with Gasteiger partial charge in [0.05, 0.1) is 5.03 Å². The summed E-state index contributed by atoms with van der Waals surface area (Å²) in [6.45, 7) is 0. The van der Waals surface area contributed by atoms with Gasteiger partial charge in [-0.25, -0.2) is 4.79 Å². The molecule has 2 aromatic rings. The monoisotopic (exact) mass is 500 g/mol. The van der Waals surface area contributed by atoms with Crippen LogP contribution < -0.4 is 16.4 Å². The average Bonchev–Trinajstić information content (AvgIpc) is 2.85. The fourth-order valence-corrected chi connectivity index (χ4v) is 5.36. The van der Waals surface area contributed by atoms with E-state index in [0.29, 0.717) is 11.1 Å². The number of carboxylic acid groups (broad SMARTS) is 1. The van der Waals surface area contributed by atoms with E-state index in [-0.39, 0.29) is 16.5 Å².